The summed E-state index contributed by atoms with van der Waals surface area (Å²) in [5.41, 5.74) is -1.51. The third kappa shape index (κ3) is 5.05. The molecule has 1 heterocycles. The minimum Gasteiger partial charge on any atom is -0.379 e. The van der Waals surface area contributed by atoms with E-state index >= 15 is 0 Å². The van der Waals surface area contributed by atoms with Crippen LogP contribution in [0, 0.1) is 16.0 Å². The Labute approximate surface area is 144 Å². The number of alkyl halides is 3. The Balaban J connectivity index is 2.16. The lowest BCUT2D eigenvalue weighted by atomic mass is 10.0. The predicted octanol–water partition coefficient (Wildman–Crippen LogP) is 3.38. The lowest BCUT2D eigenvalue weighted by Gasteiger charge is -2.37. The number of anilines is 1. The van der Waals surface area contributed by atoms with E-state index in [0.717, 1.165) is 25.2 Å². The Hall–Kier alpha value is -1.87. The first kappa shape index (κ1) is 19.5. The summed E-state index contributed by atoms with van der Waals surface area (Å²) in [6.07, 6.45) is -4.61. The van der Waals surface area contributed by atoms with Crippen molar-refractivity contribution >= 4 is 11.4 Å². The summed E-state index contributed by atoms with van der Waals surface area (Å²) in [5, 5.41) is 14.1. The van der Waals surface area contributed by atoms with Crippen LogP contribution in [0.25, 0.3) is 0 Å². The highest BCUT2D eigenvalue weighted by atomic mass is 19.4. The summed E-state index contributed by atoms with van der Waals surface area (Å²) >= 11 is 0. The molecule has 1 aromatic rings. The molecule has 6 nitrogen and oxygen atoms in total. The molecule has 0 saturated carbocycles. The fraction of sp³-hybridized carbons (Fsp3) is 0.625. The molecule has 1 saturated heterocycles. The quantitative estimate of drug-likeness (QED) is 0.621. The Morgan fingerprint density at radius 2 is 1.96 bits per heavy atom. The van der Waals surface area contributed by atoms with Crippen LogP contribution >= 0.6 is 0 Å². The number of benzene rings is 1. The summed E-state index contributed by atoms with van der Waals surface area (Å²) in [7, 11) is 0. The van der Waals surface area contributed by atoms with E-state index in [4.69, 9.17) is 4.74 Å². The van der Waals surface area contributed by atoms with Crippen LogP contribution in [0.1, 0.15) is 19.4 Å². The number of ether oxygens (including phenoxy) is 1. The van der Waals surface area contributed by atoms with Gasteiger partial charge in [-0.1, -0.05) is 13.8 Å². The molecule has 1 fully saturated rings. The second kappa shape index (κ2) is 8.01. The lowest BCUT2D eigenvalue weighted by Crippen LogP contribution is -2.49. The number of rotatable bonds is 6. The van der Waals surface area contributed by atoms with Crippen molar-refractivity contribution in [3.05, 3.63) is 33.9 Å². The minimum absolute atomic E-state index is 0.0944. The molecule has 0 spiro atoms. The maximum Gasteiger partial charge on any atom is 0.416 e. The van der Waals surface area contributed by atoms with Crippen molar-refractivity contribution in [1.29, 1.82) is 0 Å². The number of hydrogen-bond acceptors (Lipinski definition) is 5. The molecular formula is C16H22F3N3O3. The van der Waals surface area contributed by atoms with E-state index in [1.807, 2.05) is 13.8 Å². The van der Waals surface area contributed by atoms with Crippen LogP contribution in [-0.2, 0) is 10.9 Å². The molecule has 1 aromatic carbocycles. The van der Waals surface area contributed by atoms with E-state index in [-0.39, 0.29) is 17.6 Å². The molecule has 0 bridgehead atoms. The summed E-state index contributed by atoms with van der Waals surface area (Å²) in [4.78, 5) is 12.6. The topological polar surface area (TPSA) is 67.6 Å². The van der Waals surface area contributed by atoms with Crippen LogP contribution in [0.5, 0.6) is 0 Å². The molecule has 1 unspecified atom stereocenters. The molecular weight excluding hydrogens is 339 g/mol. The molecule has 1 aliphatic heterocycles. The van der Waals surface area contributed by atoms with Gasteiger partial charge in [0.05, 0.1) is 23.7 Å². The maximum atomic E-state index is 12.8. The van der Waals surface area contributed by atoms with Crippen molar-refractivity contribution in [2.24, 2.45) is 5.92 Å². The fourth-order valence-electron chi connectivity index (χ4n) is 2.92. The van der Waals surface area contributed by atoms with Gasteiger partial charge < -0.3 is 10.1 Å². The molecule has 1 atom stereocenters. The van der Waals surface area contributed by atoms with Gasteiger partial charge in [0, 0.05) is 31.7 Å². The monoisotopic (exact) mass is 361 g/mol. The SMILES string of the molecule is CC(C)C(CNc1ccc(C(F)(F)F)cc1[N+](=O)[O-])N1CCOCC1. The smallest absolute Gasteiger partial charge is 0.379 e. The lowest BCUT2D eigenvalue weighted by molar-refractivity contribution is -0.384. The van der Waals surface area contributed by atoms with Crippen molar-refractivity contribution < 1.29 is 22.8 Å². The molecule has 0 radical (unpaired) electrons. The normalized spacial score (nSPS) is 17.5. The first-order valence-electron chi connectivity index (χ1n) is 8.11. The molecule has 0 aromatic heterocycles. The minimum atomic E-state index is -4.61. The average molecular weight is 361 g/mol. The summed E-state index contributed by atoms with van der Waals surface area (Å²) < 4.78 is 43.6. The fourth-order valence-corrected chi connectivity index (χ4v) is 2.92. The Kier molecular flexibility index (Phi) is 6.23. The van der Waals surface area contributed by atoms with E-state index in [9.17, 15) is 23.3 Å². The zero-order chi connectivity index (χ0) is 18.6. The van der Waals surface area contributed by atoms with Gasteiger partial charge in [0.15, 0.2) is 0 Å². The van der Waals surface area contributed by atoms with E-state index < -0.39 is 22.4 Å². The molecule has 1 aliphatic rings. The highest BCUT2D eigenvalue weighted by Gasteiger charge is 2.33. The molecule has 1 N–H and O–H groups in total. The molecule has 0 aliphatic carbocycles. The Morgan fingerprint density at radius 3 is 2.48 bits per heavy atom. The van der Waals surface area contributed by atoms with E-state index in [2.05, 4.69) is 10.2 Å². The second-order valence-corrected chi connectivity index (χ2v) is 6.33. The molecule has 0 amide bonds. The van der Waals surface area contributed by atoms with Crippen LogP contribution in [0.3, 0.4) is 0 Å². The number of nitrogens with one attached hydrogen (secondary N) is 1. The molecule has 25 heavy (non-hydrogen) atoms. The van der Waals surface area contributed by atoms with Crippen LogP contribution in [0.15, 0.2) is 18.2 Å². The number of nitrogens with zero attached hydrogens (tertiary/aromatic N) is 2. The average Bonchev–Trinajstić information content (AvgIpc) is 2.54. The number of halogens is 3. The third-order valence-corrected chi connectivity index (χ3v) is 4.31. The van der Waals surface area contributed by atoms with Gasteiger partial charge in [-0.05, 0) is 18.1 Å². The van der Waals surface area contributed by atoms with Gasteiger partial charge in [0.1, 0.15) is 5.69 Å². The van der Waals surface area contributed by atoms with Gasteiger partial charge in [0.25, 0.3) is 5.69 Å². The first-order chi connectivity index (χ1) is 11.7. The largest absolute Gasteiger partial charge is 0.416 e. The number of morpholine rings is 1. The van der Waals surface area contributed by atoms with Crippen molar-refractivity contribution in [3.8, 4) is 0 Å². The van der Waals surface area contributed by atoms with Gasteiger partial charge in [-0.15, -0.1) is 0 Å². The zero-order valence-corrected chi connectivity index (χ0v) is 14.2. The standard InChI is InChI=1S/C16H22F3N3O3/c1-11(2)15(21-5-7-25-8-6-21)10-20-13-4-3-12(16(17,18)19)9-14(13)22(23)24/h3-4,9,11,15,20H,5-8,10H2,1-2H3. The molecule has 9 heteroatoms. The van der Waals surface area contributed by atoms with Crippen LogP contribution in [0.4, 0.5) is 24.5 Å². The predicted molar refractivity (Wildman–Crippen MR) is 87.6 cm³/mol. The van der Waals surface area contributed by atoms with Gasteiger partial charge in [-0.25, -0.2) is 0 Å². The third-order valence-electron chi connectivity index (χ3n) is 4.31. The Morgan fingerprint density at radius 1 is 1.32 bits per heavy atom. The van der Waals surface area contributed by atoms with E-state index in [0.29, 0.717) is 25.8 Å². The molecule has 2 rings (SSSR count). The van der Waals surface area contributed by atoms with E-state index in [1.165, 1.54) is 0 Å². The Bertz CT molecular complexity index is 602. The number of nitro benzene ring substituents is 1. The zero-order valence-electron chi connectivity index (χ0n) is 14.2. The maximum absolute atomic E-state index is 12.8. The van der Waals surface area contributed by atoms with Crippen molar-refractivity contribution in [1.82, 2.24) is 4.90 Å². The van der Waals surface area contributed by atoms with Gasteiger partial charge >= 0.3 is 6.18 Å². The second-order valence-electron chi connectivity index (χ2n) is 6.33. The number of hydrogen-bond donors (Lipinski definition) is 1. The highest BCUT2D eigenvalue weighted by Crippen LogP contribution is 2.35. The van der Waals surface area contributed by atoms with Crippen LogP contribution < -0.4 is 5.32 Å². The first-order valence-corrected chi connectivity index (χ1v) is 8.11. The van der Waals surface area contributed by atoms with Crippen molar-refractivity contribution in [3.63, 3.8) is 0 Å². The van der Waals surface area contributed by atoms with Crippen molar-refractivity contribution in [2.45, 2.75) is 26.1 Å². The van der Waals surface area contributed by atoms with Crippen LogP contribution in [0.2, 0.25) is 0 Å². The van der Waals surface area contributed by atoms with E-state index in [1.54, 1.807) is 0 Å². The highest BCUT2D eigenvalue weighted by molar-refractivity contribution is 5.63. The van der Waals surface area contributed by atoms with Gasteiger partial charge in [0.2, 0.25) is 0 Å². The number of nitro groups is 1. The van der Waals surface area contributed by atoms with Crippen molar-refractivity contribution in [2.75, 3.05) is 38.2 Å². The summed E-state index contributed by atoms with van der Waals surface area (Å²) in [6, 6.07) is 2.65. The van der Waals surface area contributed by atoms with Gasteiger partial charge in [-0.3, -0.25) is 15.0 Å². The molecule has 140 valence electrons. The van der Waals surface area contributed by atoms with Crippen LogP contribution in [-0.4, -0.2) is 48.7 Å². The summed E-state index contributed by atoms with van der Waals surface area (Å²) in [5.74, 6) is 0.277. The van der Waals surface area contributed by atoms with Gasteiger partial charge in [-0.2, -0.15) is 13.2 Å². The summed E-state index contributed by atoms with van der Waals surface area (Å²) in [6.45, 7) is 7.28.